The number of benzene rings is 1. The van der Waals surface area contributed by atoms with Gasteiger partial charge in [-0.25, -0.2) is 0 Å². The number of ether oxygens (including phenoxy) is 2. The molecule has 0 aromatic heterocycles. The van der Waals surface area contributed by atoms with Crippen molar-refractivity contribution in [2.45, 2.75) is 39.5 Å². The molecule has 0 N–H and O–H groups in total. The van der Waals surface area contributed by atoms with Gasteiger partial charge < -0.3 is 9.47 Å². The standard InChI is InChI=1S/C15H20O3/c1-9(2)11-5-13(10(3)4)15-14(6-11)17-7-12(16)8-18-15/h5-6,9-10H,7-8H2,1-4H3. The van der Waals surface area contributed by atoms with Crippen molar-refractivity contribution in [1.29, 1.82) is 0 Å². The van der Waals surface area contributed by atoms with Gasteiger partial charge in [0.25, 0.3) is 0 Å². The lowest BCUT2D eigenvalue weighted by Crippen LogP contribution is -2.15. The Morgan fingerprint density at radius 2 is 1.67 bits per heavy atom. The second-order valence-electron chi connectivity index (χ2n) is 5.36. The van der Waals surface area contributed by atoms with Crippen molar-refractivity contribution >= 4 is 5.78 Å². The lowest BCUT2D eigenvalue weighted by Gasteiger charge is -2.18. The Morgan fingerprint density at radius 3 is 2.28 bits per heavy atom. The molecule has 0 spiro atoms. The smallest absolute Gasteiger partial charge is 0.207 e. The van der Waals surface area contributed by atoms with Gasteiger partial charge in [-0.3, -0.25) is 4.79 Å². The Labute approximate surface area is 108 Å². The van der Waals surface area contributed by atoms with Crippen molar-refractivity contribution in [3.05, 3.63) is 23.3 Å². The number of hydrogen-bond donors (Lipinski definition) is 0. The number of fused-ring (bicyclic) bond motifs is 1. The van der Waals surface area contributed by atoms with Crippen molar-refractivity contribution in [3.8, 4) is 11.5 Å². The first kappa shape index (κ1) is 12.9. The summed E-state index contributed by atoms with van der Waals surface area (Å²) in [7, 11) is 0. The number of rotatable bonds is 2. The first-order valence-corrected chi connectivity index (χ1v) is 6.44. The molecule has 3 heteroatoms. The molecule has 1 aromatic rings. The van der Waals surface area contributed by atoms with E-state index >= 15 is 0 Å². The zero-order chi connectivity index (χ0) is 13.3. The Kier molecular flexibility index (Phi) is 3.60. The van der Waals surface area contributed by atoms with Gasteiger partial charge in [0, 0.05) is 5.56 Å². The molecule has 0 atom stereocenters. The molecule has 0 bridgehead atoms. The second-order valence-corrected chi connectivity index (χ2v) is 5.36. The van der Waals surface area contributed by atoms with Crippen LogP contribution in [0.5, 0.6) is 11.5 Å². The SMILES string of the molecule is CC(C)c1cc2c(c(C(C)C)c1)OCC(=O)CO2. The monoisotopic (exact) mass is 248 g/mol. The van der Waals surface area contributed by atoms with Gasteiger partial charge in [0.05, 0.1) is 0 Å². The molecule has 2 rings (SSSR count). The Hall–Kier alpha value is -1.51. The van der Waals surface area contributed by atoms with Crippen LogP contribution in [0.2, 0.25) is 0 Å². The maximum Gasteiger partial charge on any atom is 0.207 e. The predicted octanol–water partition coefficient (Wildman–Crippen LogP) is 3.27. The van der Waals surface area contributed by atoms with Crippen LogP contribution in [0.25, 0.3) is 0 Å². The zero-order valence-electron chi connectivity index (χ0n) is 11.4. The van der Waals surface area contributed by atoms with Crippen molar-refractivity contribution in [3.63, 3.8) is 0 Å². The molecule has 98 valence electrons. The van der Waals surface area contributed by atoms with Crippen LogP contribution in [0.15, 0.2) is 12.1 Å². The highest BCUT2D eigenvalue weighted by Gasteiger charge is 2.21. The molecule has 1 aromatic carbocycles. The average molecular weight is 248 g/mol. The molecule has 18 heavy (non-hydrogen) atoms. The van der Waals surface area contributed by atoms with Crippen LogP contribution in [0.4, 0.5) is 0 Å². The van der Waals surface area contributed by atoms with Crippen molar-refractivity contribution in [2.75, 3.05) is 13.2 Å². The van der Waals surface area contributed by atoms with Crippen LogP contribution in [-0.4, -0.2) is 19.0 Å². The molecule has 1 aliphatic rings. The van der Waals surface area contributed by atoms with Crippen LogP contribution in [-0.2, 0) is 4.79 Å². The minimum Gasteiger partial charge on any atom is -0.482 e. The lowest BCUT2D eigenvalue weighted by atomic mass is 9.94. The fourth-order valence-electron chi connectivity index (χ4n) is 2.02. The van der Waals surface area contributed by atoms with Gasteiger partial charge in [-0.1, -0.05) is 33.8 Å². The van der Waals surface area contributed by atoms with Gasteiger partial charge >= 0.3 is 0 Å². The van der Waals surface area contributed by atoms with E-state index in [0.717, 1.165) is 11.3 Å². The van der Waals surface area contributed by atoms with Crippen LogP contribution in [0, 0.1) is 0 Å². The maximum absolute atomic E-state index is 11.4. The lowest BCUT2D eigenvalue weighted by molar-refractivity contribution is -0.122. The molecule has 0 amide bonds. The van der Waals surface area contributed by atoms with E-state index in [1.165, 1.54) is 5.56 Å². The highest BCUT2D eigenvalue weighted by atomic mass is 16.5. The topological polar surface area (TPSA) is 35.5 Å². The molecule has 3 nitrogen and oxygen atoms in total. The summed E-state index contributed by atoms with van der Waals surface area (Å²) < 4.78 is 11.2. The summed E-state index contributed by atoms with van der Waals surface area (Å²) in [5, 5.41) is 0. The fourth-order valence-corrected chi connectivity index (χ4v) is 2.02. The third-order valence-corrected chi connectivity index (χ3v) is 3.16. The summed E-state index contributed by atoms with van der Waals surface area (Å²) in [4.78, 5) is 11.4. The van der Waals surface area contributed by atoms with E-state index in [9.17, 15) is 4.79 Å². The van der Waals surface area contributed by atoms with E-state index in [4.69, 9.17) is 9.47 Å². The highest BCUT2D eigenvalue weighted by molar-refractivity contribution is 5.82. The number of ketones is 1. The summed E-state index contributed by atoms with van der Waals surface area (Å²) >= 11 is 0. The number of Topliss-reactive ketones (excluding diaryl/α,β-unsaturated/α-hetero) is 1. The zero-order valence-corrected chi connectivity index (χ0v) is 11.4. The Bertz CT molecular complexity index is 461. The first-order chi connectivity index (χ1) is 8.49. The van der Waals surface area contributed by atoms with Crippen molar-refractivity contribution in [1.82, 2.24) is 0 Å². The summed E-state index contributed by atoms with van der Waals surface area (Å²) in [6, 6.07) is 4.15. The molecule has 0 aliphatic carbocycles. The van der Waals surface area contributed by atoms with Crippen LogP contribution in [0.3, 0.4) is 0 Å². The Morgan fingerprint density at radius 1 is 1.00 bits per heavy atom. The van der Waals surface area contributed by atoms with E-state index in [2.05, 4.69) is 33.8 Å². The Balaban J connectivity index is 2.52. The van der Waals surface area contributed by atoms with E-state index in [1.54, 1.807) is 0 Å². The van der Waals surface area contributed by atoms with Gasteiger partial charge in [-0.15, -0.1) is 0 Å². The predicted molar refractivity (Wildman–Crippen MR) is 70.6 cm³/mol. The molecule has 0 fully saturated rings. The minimum absolute atomic E-state index is 0.0213. The molecule has 0 radical (unpaired) electrons. The third-order valence-electron chi connectivity index (χ3n) is 3.16. The van der Waals surface area contributed by atoms with E-state index in [-0.39, 0.29) is 19.0 Å². The van der Waals surface area contributed by atoms with Crippen molar-refractivity contribution < 1.29 is 14.3 Å². The molecule has 0 saturated heterocycles. The van der Waals surface area contributed by atoms with Gasteiger partial charge in [0.2, 0.25) is 5.78 Å². The summed E-state index contributed by atoms with van der Waals surface area (Å²) in [6.45, 7) is 8.74. The van der Waals surface area contributed by atoms with E-state index in [1.807, 2.05) is 6.07 Å². The molecular formula is C15H20O3. The van der Waals surface area contributed by atoms with E-state index < -0.39 is 0 Å². The van der Waals surface area contributed by atoms with Gasteiger partial charge in [0.1, 0.15) is 0 Å². The second kappa shape index (κ2) is 5.01. The molecule has 1 heterocycles. The number of hydrogen-bond acceptors (Lipinski definition) is 3. The maximum atomic E-state index is 11.4. The third kappa shape index (κ3) is 2.50. The first-order valence-electron chi connectivity index (χ1n) is 6.44. The van der Waals surface area contributed by atoms with Crippen LogP contribution >= 0.6 is 0 Å². The molecule has 0 saturated carbocycles. The van der Waals surface area contributed by atoms with Gasteiger partial charge in [-0.05, 0) is 23.5 Å². The number of carbonyl (C=O) groups excluding carboxylic acids is 1. The van der Waals surface area contributed by atoms with Gasteiger partial charge in [0.15, 0.2) is 24.7 Å². The summed E-state index contributed by atoms with van der Waals surface area (Å²) in [5.74, 6) is 2.19. The summed E-state index contributed by atoms with van der Waals surface area (Å²) in [6.07, 6.45) is 0. The largest absolute Gasteiger partial charge is 0.482 e. The van der Waals surface area contributed by atoms with E-state index in [0.29, 0.717) is 17.6 Å². The molecular weight excluding hydrogens is 228 g/mol. The summed E-state index contributed by atoms with van der Waals surface area (Å²) in [5.41, 5.74) is 2.33. The fraction of sp³-hybridized carbons (Fsp3) is 0.533. The number of carbonyl (C=O) groups is 1. The molecule has 1 aliphatic heterocycles. The van der Waals surface area contributed by atoms with Crippen LogP contribution in [0.1, 0.15) is 50.7 Å². The quantitative estimate of drug-likeness (QED) is 0.805. The van der Waals surface area contributed by atoms with Gasteiger partial charge in [-0.2, -0.15) is 0 Å². The molecule has 0 unspecified atom stereocenters. The minimum atomic E-state index is -0.0213. The van der Waals surface area contributed by atoms with Crippen LogP contribution < -0.4 is 9.47 Å². The highest BCUT2D eigenvalue weighted by Crippen LogP contribution is 2.39. The normalized spacial score (nSPS) is 15.1. The van der Waals surface area contributed by atoms with Crippen molar-refractivity contribution in [2.24, 2.45) is 0 Å². The average Bonchev–Trinajstić information content (AvgIpc) is 2.50.